The van der Waals surface area contributed by atoms with Crippen LogP contribution in [0.3, 0.4) is 0 Å². The fourth-order valence-corrected chi connectivity index (χ4v) is 4.32. The van der Waals surface area contributed by atoms with Crippen LogP contribution in [0.2, 0.25) is 0 Å². The lowest BCUT2D eigenvalue weighted by Crippen LogP contribution is -2.46. The summed E-state index contributed by atoms with van der Waals surface area (Å²) in [6, 6.07) is 13.7. The average Bonchev–Trinajstić information content (AvgIpc) is 2.85. The second kappa shape index (κ2) is 6.80. The van der Waals surface area contributed by atoms with Crippen LogP contribution in [0, 0.1) is 10.1 Å². The van der Waals surface area contributed by atoms with Gasteiger partial charge in [0.2, 0.25) is 0 Å². The van der Waals surface area contributed by atoms with Gasteiger partial charge in [-0.2, -0.15) is 0 Å². The maximum atomic E-state index is 11.2. The minimum absolute atomic E-state index is 0.0570. The van der Waals surface area contributed by atoms with Gasteiger partial charge < -0.3 is 5.32 Å². The molecule has 0 radical (unpaired) electrons. The van der Waals surface area contributed by atoms with Gasteiger partial charge in [0.05, 0.1) is 4.92 Å². The summed E-state index contributed by atoms with van der Waals surface area (Å²) in [5.41, 5.74) is 2.00. The van der Waals surface area contributed by atoms with Gasteiger partial charge in [0, 0.05) is 30.9 Å². The Balaban J connectivity index is 1.44. The van der Waals surface area contributed by atoms with E-state index >= 15 is 0 Å². The molecule has 0 spiro atoms. The molecule has 6 heteroatoms. The molecule has 1 N–H and O–H groups in total. The lowest BCUT2D eigenvalue weighted by atomic mass is 9.96. The van der Waals surface area contributed by atoms with Gasteiger partial charge in [0.25, 0.3) is 0 Å². The van der Waals surface area contributed by atoms with Crippen molar-refractivity contribution in [3.63, 3.8) is 0 Å². The van der Waals surface area contributed by atoms with Crippen molar-refractivity contribution in [3.05, 3.63) is 64.5 Å². The summed E-state index contributed by atoms with van der Waals surface area (Å²) < 4.78 is 0. The molecule has 0 saturated carbocycles. The standard InChI is InChI=1S/C19H22N4O2/c24-23(25)19-12-20-9-8-18(19)21-15-10-16-6-7-17(11-15)22(16)13-14-4-2-1-3-5-14/h1-5,8-9,12,15-17H,6-7,10-11,13H2,(H,20,21). The lowest BCUT2D eigenvalue weighted by Gasteiger charge is -2.39. The highest BCUT2D eigenvalue weighted by molar-refractivity contribution is 5.60. The second-order valence-electron chi connectivity index (χ2n) is 7.01. The van der Waals surface area contributed by atoms with Crippen molar-refractivity contribution < 1.29 is 4.92 Å². The molecule has 2 bridgehead atoms. The number of piperidine rings is 1. The van der Waals surface area contributed by atoms with Crippen molar-refractivity contribution >= 4 is 11.4 Å². The van der Waals surface area contributed by atoms with Crippen LogP contribution < -0.4 is 5.32 Å². The summed E-state index contributed by atoms with van der Waals surface area (Å²) in [6.07, 6.45) is 7.42. The molecule has 2 aromatic rings. The fourth-order valence-electron chi connectivity index (χ4n) is 4.32. The molecule has 2 aliphatic rings. The van der Waals surface area contributed by atoms with Crippen LogP contribution in [-0.2, 0) is 6.54 Å². The van der Waals surface area contributed by atoms with Crippen LogP contribution >= 0.6 is 0 Å². The number of nitrogens with zero attached hydrogens (tertiary/aromatic N) is 3. The van der Waals surface area contributed by atoms with E-state index in [4.69, 9.17) is 0 Å². The molecule has 4 rings (SSSR count). The van der Waals surface area contributed by atoms with Crippen LogP contribution in [0.4, 0.5) is 11.4 Å². The van der Waals surface area contributed by atoms with Gasteiger partial charge in [-0.15, -0.1) is 0 Å². The average molecular weight is 338 g/mol. The number of hydrogen-bond donors (Lipinski definition) is 1. The van der Waals surface area contributed by atoms with E-state index < -0.39 is 0 Å². The molecule has 130 valence electrons. The number of pyridine rings is 1. The highest BCUT2D eigenvalue weighted by Gasteiger charge is 2.40. The zero-order chi connectivity index (χ0) is 17.2. The zero-order valence-corrected chi connectivity index (χ0v) is 14.0. The Kier molecular flexibility index (Phi) is 4.36. The summed E-state index contributed by atoms with van der Waals surface area (Å²) in [7, 11) is 0. The van der Waals surface area contributed by atoms with Gasteiger partial charge in [-0.3, -0.25) is 20.0 Å². The van der Waals surface area contributed by atoms with E-state index in [-0.39, 0.29) is 16.7 Å². The van der Waals surface area contributed by atoms with Gasteiger partial charge in [-0.25, -0.2) is 0 Å². The molecular weight excluding hydrogens is 316 g/mol. The third-order valence-electron chi connectivity index (χ3n) is 5.45. The molecule has 1 aromatic heterocycles. The van der Waals surface area contributed by atoms with Crippen LogP contribution in [0.15, 0.2) is 48.8 Å². The van der Waals surface area contributed by atoms with Gasteiger partial charge in [-0.05, 0) is 37.3 Å². The topological polar surface area (TPSA) is 71.3 Å². The maximum absolute atomic E-state index is 11.2. The summed E-state index contributed by atoms with van der Waals surface area (Å²) in [4.78, 5) is 17.3. The third-order valence-corrected chi connectivity index (χ3v) is 5.45. The lowest BCUT2D eigenvalue weighted by molar-refractivity contribution is -0.384. The highest BCUT2D eigenvalue weighted by Crippen LogP contribution is 2.38. The Bertz CT molecular complexity index is 738. The molecule has 25 heavy (non-hydrogen) atoms. The first-order valence-corrected chi connectivity index (χ1v) is 8.85. The zero-order valence-electron chi connectivity index (χ0n) is 14.0. The summed E-state index contributed by atoms with van der Waals surface area (Å²) >= 11 is 0. The van der Waals surface area contributed by atoms with E-state index in [0.29, 0.717) is 17.8 Å². The maximum Gasteiger partial charge on any atom is 0.310 e. The SMILES string of the molecule is O=[N+]([O-])c1cnccc1NC1CC2CCC(C1)N2Cc1ccccc1. The normalized spacial score (nSPS) is 25.7. The van der Waals surface area contributed by atoms with Crippen molar-refractivity contribution in [3.8, 4) is 0 Å². The molecule has 0 amide bonds. The molecule has 3 heterocycles. The van der Waals surface area contributed by atoms with Crippen LogP contribution in [0.1, 0.15) is 31.2 Å². The summed E-state index contributed by atoms with van der Waals surface area (Å²) in [5, 5.41) is 14.6. The van der Waals surface area contributed by atoms with Gasteiger partial charge in [-0.1, -0.05) is 30.3 Å². The van der Waals surface area contributed by atoms with E-state index in [2.05, 4.69) is 45.5 Å². The predicted octanol–water partition coefficient (Wildman–Crippen LogP) is 3.60. The van der Waals surface area contributed by atoms with Gasteiger partial charge in [0.15, 0.2) is 0 Å². The number of hydrogen-bond acceptors (Lipinski definition) is 5. The first-order chi connectivity index (χ1) is 12.2. The second-order valence-corrected chi connectivity index (χ2v) is 7.01. The largest absolute Gasteiger partial charge is 0.377 e. The van der Waals surface area contributed by atoms with Crippen molar-refractivity contribution in [1.29, 1.82) is 0 Å². The predicted molar refractivity (Wildman–Crippen MR) is 96.3 cm³/mol. The number of anilines is 1. The Hall–Kier alpha value is -2.47. The Morgan fingerprint density at radius 1 is 1.16 bits per heavy atom. The quantitative estimate of drug-likeness (QED) is 0.666. The number of benzene rings is 1. The van der Waals surface area contributed by atoms with Gasteiger partial charge in [0.1, 0.15) is 11.9 Å². The Morgan fingerprint density at radius 2 is 1.88 bits per heavy atom. The van der Waals surface area contributed by atoms with Crippen molar-refractivity contribution in [2.75, 3.05) is 5.32 Å². The van der Waals surface area contributed by atoms with E-state index in [1.54, 1.807) is 12.3 Å². The Labute approximate surface area is 147 Å². The van der Waals surface area contributed by atoms with Gasteiger partial charge >= 0.3 is 5.69 Å². The number of nitrogens with one attached hydrogen (secondary N) is 1. The van der Waals surface area contributed by atoms with Crippen LogP contribution in [0.5, 0.6) is 0 Å². The smallest absolute Gasteiger partial charge is 0.310 e. The molecule has 0 aliphatic carbocycles. The number of fused-ring (bicyclic) bond motifs is 2. The summed E-state index contributed by atoms with van der Waals surface area (Å²) in [5.74, 6) is 0. The summed E-state index contributed by atoms with van der Waals surface area (Å²) in [6.45, 7) is 0.998. The Morgan fingerprint density at radius 3 is 2.56 bits per heavy atom. The van der Waals surface area contributed by atoms with E-state index in [1.165, 1.54) is 24.6 Å². The monoisotopic (exact) mass is 338 g/mol. The van der Waals surface area contributed by atoms with E-state index in [0.717, 1.165) is 19.4 Å². The fraction of sp³-hybridized carbons (Fsp3) is 0.421. The minimum Gasteiger partial charge on any atom is -0.377 e. The van der Waals surface area contributed by atoms with E-state index in [1.807, 2.05) is 0 Å². The molecule has 2 aliphatic heterocycles. The molecule has 2 atom stereocenters. The highest BCUT2D eigenvalue weighted by atomic mass is 16.6. The van der Waals surface area contributed by atoms with Crippen molar-refractivity contribution in [1.82, 2.24) is 9.88 Å². The first kappa shape index (κ1) is 16.0. The minimum atomic E-state index is -0.367. The van der Waals surface area contributed by atoms with E-state index in [9.17, 15) is 10.1 Å². The molecular formula is C19H22N4O2. The number of nitro groups is 1. The van der Waals surface area contributed by atoms with Crippen molar-refractivity contribution in [2.45, 2.75) is 50.4 Å². The van der Waals surface area contributed by atoms with Crippen LogP contribution in [-0.4, -0.2) is 32.9 Å². The molecule has 2 fully saturated rings. The first-order valence-electron chi connectivity index (χ1n) is 8.85. The molecule has 2 unspecified atom stereocenters. The van der Waals surface area contributed by atoms with Crippen molar-refractivity contribution in [2.24, 2.45) is 0 Å². The molecule has 6 nitrogen and oxygen atoms in total. The molecule has 2 saturated heterocycles. The third kappa shape index (κ3) is 3.35. The number of rotatable bonds is 5. The molecule has 1 aromatic carbocycles. The number of aromatic nitrogens is 1. The van der Waals surface area contributed by atoms with Crippen LogP contribution in [0.25, 0.3) is 0 Å².